The highest BCUT2D eigenvalue weighted by Gasteiger charge is 2.16. The van der Waals surface area contributed by atoms with Crippen LogP contribution in [0.4, 0.5) is 10.1 Å². The monoisotopic (exact) mass is 286 g/mol. The molecule has 0 saturated heterocycles. The molecule has 0 saturated carbocycles. The molecular weight excluding hydrogens is 275 g/mol. The van der Waals surface area contributed by atoms with Gasteiger partial charge in [0.2, 0.25) is 0 Å². The van der Waals surface area contributed by atoms with Gasteiger partial charge in [-0.25, -0.2) is 9.37 Å². The molecule has 2 nitrogen and oxygen atoms in total. The molecule has 3 rings (SSSR count). The summed E-state index contributed by atoms with van der Waals surface area (Å²) in [7, 11) is 0. The normalized spacial score (nSPS) is 10.9. The number of rotatable bonds is 1. The molecule has 1 aromatic heterocycles. The Hall–Kier alpha value is -2.13. The van der Waals surface area contributed by atoms with E-state index in [4.69, 9.17) is 17.3 Å². The molecule has 0 atom stereocenters. The second-order valence-electron chi connectivity index (χ2n) is 4.62. The maximum atomic E-state index is 14.0. The van der Waals surface area contributed by atoms with Gasteiger partial charge in [0.05, 0.1) is 21.6 Å². The fourth-order valence-corrected chi connectivity index (χ4v) is 2.49. The van der Waals surface area contributed by atoms with Crippen molar-refractivity contribution in [3.05, 3.63) is 58.9 Å². The molecule has 0 aliphatic carbocycles. The van der Waals surface area contributed by atoms with E-state index in [0.717, 1.165) is 16.8 Å². The van der Waals surface area contributed by atoms with Crippen LogP contribution in [-0.2, 0) is 0 Å². The Morgan fingerprint density at radius 3 is 2.50 bits per heavy atom. The smallest absolute Gasteiger partial charge is 0.134 e. The Morgan fingerprint density at radius 1 is 1.10 bits per heavy atom. The zero-order valence-corrected chi connectivity index (χ0v) is 11.6. The number of nitrogen functional groups attached to an aromatic ring is 1. The molecule has 0 fully saturated rings. The van der Waals surface area contributed by atoms with E-state index in [-0.39, 0.29) is 5.39 Å². The van der Waals surface area contributed by atoms with Gasteiger partial charge >= 0.3 is 0 Å². The van der Waals surface area contributed by atoms with Crippen molar-refractivity contribution in [1.29, 1.82) is 0 Å². The maximum absolute atomic E-state index is 14.0. The summed E-state index contributed by atoms with van der Waals surface area (Å²) in [5, 5.41) is 0.681. The molecule has 2 aromatic carbocycles. The highest BCUT2D eigenvalue weighted by atomic mass is 35.5. The predicted molar refractivity (Wildman–Crippen MR) is 81.3 cm³/mol. The van der Waals surface area contributed by atoms with Crippen LogP contribution < -0.4 is 5.73 Å². The number of anilines is 1. The Kier molecular flexibility index (Phi) is 3.07. The topological polar surface area (TPSA) is 38.9 Å². The van der Waals surface area contributed by atoms with Gasteiger partial charge in [0.25, 0.3) is 0 Å². The largest absolute Gasteiger partial charge is 0.398 e. The summed E-state index contributed by atoms with van der Waals surface area (Å²) in [6, 6.07) is 12.5. The van der Waals surface area contributed by atoms with Crippen LogP contribution in [0, 0.1) is 12.7 Å². The molecule has 20 heavy (non-hydrogen) atoms. The standard InChI is InChI=1S/C16H12ClFN2/c1-9-14(19)13-12(18)8-7-11(17)16(13)20-15(9)10-5-3-2-4-6-10/h2-8H,1H3,(H2,19,20). The lowest BCUT2D eigenvalue weighted by Gasteiger charge is -2.12. The first-order valence-corrected chi connectivity index (χ1v) is 6.56. The van der Waals surface area contributed by atoms with Crippen LogP contribution in [0.2, 0.25) is 5.02 Å². The van der Waals surface area contributed by atoms with E-state index in [1.54, 1.807) is 0 Å². The van der Waals surface area contributed by atoms with Crippen LogP contribution in [0.3, 0.4) is 0 Å². The first-order valence-electron chi connectivity index (χ1n) is 6.19. The number of aromatic nitrogens is 1. The number of hydrogen-bond donors (Lipinski definition) is 1. The molecular formula is C16H12ClFN2. The van der Waals surface area contributed by atoms with E-state index in [1.165, 1.54) is 12.1 Å². The van der Waals surface area contributed by atoms with Crippen LogP contribution in [0.1, 0.15) is 5.56 Å². The maximum Gasteiger partial charge on any atom is 0.134 e. The summed E-state index contributed by atoms with van der Waals surface area (Å²) in [4.78, 5) is 4.51. The zero-order chi connectivity index (χ0) is 14.3. The number of pyridine rings is 1. The average molecular weight is 287 g/mol. The van der Waals surface area contributed by atoms with Crippen molar-refractivity contribution in [2.24, 2.45) is 0 Å². The van der Waals surface area contributed by atoms with Crippen molar-refractivity contribution in [1.82, 2.24) is 4.98 Å². The van der Waals surface area contributed by atoms with Crippen LogP contribution in [0.25, 0.3) is 22.2 Å². The fraction of sp³-hybridized carbons (Fsp3) is 0.0625. The molecule has 0 aliphatic rings. The fourth-order valence-electron chi connectivity index (χ4n) is 2.29. The Morgan fingerprint density at radius 2 is 1.80 bits per heavy atom. The minimum absolute atomic E-state index is 0.287. The first-order chi connectivity index (χ1) is 9.59. The molecule has 3 aromatic rings. The quantitative estimate of drug-likeness (QED) is 0.711. The lowest BCUT2D eigenvalue weighted by Crippen LogP contribution is -2.00. The second-order valence-corrected chi connectivity index (χ2v) is 5.03. The van der Waals surface area contributed by atoms with E-state index in [2.05, 4.69) is 4.98 Å². The Bertz CT molecular complexity index is 801. The van der Waals surface area contributed by atoms with Crippen LogP contribution in [0.15, 0.2) is 42.5 Å². The van der Waals surface area contributed by atoms with Gasteiger partial charge in [-0.05, 0) is 24.6 Å². The molecule has 2 N–H and O–H groups in total. The van der Waals surface area contributed by atoms with Gasteiger partial charge in [0, 0.05) is 11.3 Å². The summed E-state index contributed by atoms with van der Waals surface area (Å²) >= 11 is 6.13. The lowest BCUT2D eigenvalue weighted by molar-refractivity contribution is 0.640. The number of nitrogens with two attached hydrogens (primary N) is 1. The highest BCUT2D eigenvalue weighted by Crippen LogP contribution is 2.35. The van der Waals surface area contributed by atoms with Crippen molar-refractivity contribution in [3.8, 4) is 11.3 Å². The minimum Gasteiger partial charge on any atom is -0.398 e. The third kappa shape index (κ3) is 1.91. The number of halogens is 2. The number of benzene rings is 2. The molecule has 100 valence electrons. The number of nitrogens with zero attached hydrogens (tertiary/aromatic N) is 1. The molecule has 1 heterocycles. The van der Waals surface area contributed by atoms with Crippen molar-refractivity contribution in [3.63, 3.8) is 0 Å². The van der Waals surface area contributed by atoms with Crippen molar-refractivity contribution in [2.45, 2.75) is 6.92 Å². The zero-order valence-electron chi connectivity index (χ0n) is 10.8. The van der Waals surface area contributed by atoms with Gasteiger partial charge in [0.15, 0.2) is 0 Å². The van der Waals surface area contributed by atoms with E-state index in [9.17, 15) is 4.39 Å². The molecule has 0 aliphatic heterocycles. The Balaban J connectivity index is 2.42. The van der Waals surface area contributed by atoms with Gasteiger partial charge in [-0.1, -0.05) is 41.9 Å². The van der Waals surface area contributed by atoms with Crippen LogP contribution in [-0.4, -0.2) is 4.98 Å². The van der Waals surface area contributed by atoms with E-state index in [1.807, 2.05) is 37.3 Å². The predicted octanol–water partition coefficient (Wildman–Crippen LogP) is 4.58. The summed E-state index contributed by atoms with van der Waals surface area (Å²) in [5.41, 5.74) is 9.28. The van der Waals surface area contributed by atoms with Gasteiger partial charge in [0.1, 0.15) is 5.82 Å². The van der Waals surface area contributed by atoms with Crippen LogP contribution in [0.5, 0.6) is 0 Å². The average Bonchev–Trinajstić information content (AvgIpc) is 2.47. The van der Waals surface area contributed by atoms with E-state index >= 15 is 0 Å². The van der Waals surface area contributed by atoms with Crippen molar-refractivity contribution < 1.29 is 4.39 Å². The highest BCUT2D eigenvalue weighted by molar-refractivity contribution is 6.35. The van der Waals surface area contributed by atoms with E-state index in [0.29, 0.717) is 16.2 Å². The van der Waals surface area contributed by atoms with Gasteiger partial charge in [-0.3, -0.25) is 0 Å². The third-order valence-electron chi connectivity index (χ3n) is 3.38. The van der Waals surface area contributed by atoms with Crippen LogP contribution >= 0.6 is 11.6 Å². The minimum atomic E-state index is -0.405. The lowest BCUT2D eigenvalue weighted by atomic mass is 10.0. The summed E-state index contributed by atoms with van der Waals surface area (Å²) in [6.45, 7) is 1.84. The molecule has 4 heteroatoms. The number of hydrogen-bond acceptors (Lipinski definition) is 2. The second kappa shape index (κ2) is 4.76. The van der Waals surface area contributed by atoms with Gasteiger partial charge in [-0.15, -0.1) is 0 Å². The molecule has 0 bridgehead atoms. The van der Waals surface area contributed by atoms with Crippen molar-refractivity contribution >= 4 is 28.2 Å². The molecule has 0 spiro atoms. The summed E-state index contributed by atoms with van der Waals surface area (Å²) in [6.07, 6.45) is 0. The van der Waals surface area contributed by atoms with Crippen molar-refractivity contribution in [2.75, 3.05) is 5.73 Å². The van der Waals surface area contributed by atoms with Gasteiger partial charge in [-0.2, -0.15) is 0 Å². The summed E-state index contributed by atoms with van der Waals surface area (Å²) < 4.78 is 14.0. The number of fused-ring (bicyclic) bond motifs is 1. The molecule has 0 unspecified atom stereocenters. The molecule has 0 amide bonds. The summed E-state index contributed by atoms with van der Waals surface area (Å²) in [5.74, 6) is -0.405. The van der Waals surface area contributed by atoms with Gasteiger partial charge < -0.3 is 5.73 Å². The Labute approximate surface area is 121 Å². The SMILES string of the molecule is Cc1c(-c2ccccc2)nc2c(Cl)ccc(F)c2c1N. The first kappa shape index (κ1) is 12.9. The van der Waals surface area contributed by atoms with E-state index < -0.39 is 5.82 Å². The third-order valence-corrected chi connectivity index (χ3v) is 3.68. The molecule has 0 radical (unpaired) electrons.